The number of carbonyl (C=O) groups is 1. The fourth-order valence-electron chi connectivity index (χ4n) is 4.55. The lowest BCUT2D eigenvalue weighted by molar-refractivity contribution is -0.111. The summed E-state index contributed by atoms with van der Waals surface area (Å²) in [5.74, 6) is 1.78. The maximum atomic E-state index is 12.8. The Morgan fingerprint density at radius 2 is 1.97 bits per heavy atom. The number of aryl methyl sites for hydroxylation is 4. The molecule has 0 aliphatic heterocycles. The number of furan rings is 1. The second-order valence-corrected chi connectivity index (χ2v) is 8.23. The van der Waals surface area contributed by atoms with Crippen molar-refractivity contribution in [3.63, 3.8) is 0 Å². The minimum atomic E-state index is -0.132. The molecule has 1 heterocycles. The van der Waals surface area contributed by atoms with Crippen LogP contribution in [0, 0.1) is 6.92 Å². The van der Waals surface area contributed by atoms with Gasteiger partial charge in [0.1, 0.15) is 17.1 Å². The molecule has 1 aliphatic rings. The third-order valence-electron chi connectivity index (χ3n) is 6.14. The van der Waals surface area contributed by atoms with Crippen LogP contribution in [0.15, 0.2) is 40.8 Å². The summed E-state index contributed by atoms with van der Waals surface area (Å²) in [5.41, 5.74) is 7.08. The molecule has 0 saturated heterocycles. The zero-order chi connectivity index (χ0) is 22.0. The minimum absolute atomic E-state index is 0.132. The number of hydrogen-bond acceptors (Lipinski definition) is 3. The van der Waals surface area contributed by atoms with Gasteiger partial charge in [-0.15, -0.1) is 0 Å². The van der Waals surface area contributed by atoms with Crippen LogP contribution in [0.5, 0.6) is 5.75 Å². The summed E-state index contributed by atoms with van der Waals surface area (Å²) < 4.78 is 12.3. The minimum Gasteiger partial charge on any atom is -0.493 e. The van der Waals surface area contributed by atoms with Crippen molar-refractivity contribution in [2.45, 2.75) is 59.8 Å². The van der Waals surface area contributed by atoms with Crippen LogP contribution in [-0.4, -0.2) is 12.5 Å². The molecule has 1 N–H and O–H groups in total. The standard InChI is InChI=1S/C27H31NO3/c1-5-19-11-7-9-13-23(19)28-25(29)15-17(3)21-16-22-20-12-8-10-14-24(20)31-27(22)18(4)26(21)30-6-2/h7,9,11,13,15-16H,5-6,8,10,12,14H2,1-4H3,(H,28,29)/b17-15+. The number of ether oxygens (including phenoxy) is 1. The highest BCUT2D eigenvalue weighted by Crippen LogP contribution is 2.41. The van der Waals surface area contributed by atoms with E-state index in [9.17, 15) is 4.79 Å². The predicted octanol–water partition coefficient (Wildman–Crippen LogP) is 6.62. The number of rotatable bonds is 6. The molecule has 162 valence electrons. The molecule has 0 atom stereocenters. The quantitative estimate of drug-likeness (QED) is 0.458. The number of carbonyl (C=O) groups excluding carboxylic acids is 1. The van der Waals surface area contributed by atoms with Gasteiger partial charge in [-0.05, 0) is 69.7 Å². The van der Waals surface area contributed by atoms with Crippen LogP contribution in [0.4, 0.5) is 5.69 Å². The fraction of sp³-hybridized carbons (Fsp3) is 0.370. The van der Waals surface area contributed by atoms with Gasteiger partial charge in [0, 0.05) is 40.3 Å². The molecule has 1 aromatic heterocycles. The molecule has 3 aromatic rings. The van der Waals surface area contributed by atoms with Gasteiger partial charge in [-0.25, -0.2) is 0 Å². The van der Waals surface area contributed by atoms with E-state index in [4.69, 9.17) is 9.15 Å². The largest absolute Gasteiger partial charge is 0.493 e. The molecule has 0 fully saturated rings. The molecule has 31 heavy (non-hydrogen) atoms. The molecule has 0 saturated carbocycles. The molecule has 0 unspecified atom stereocenters. The summed E-state index contributed by atoms with van der Waals surface area (Å²) in [5, 5.41) is 4.20. The molecule has 1 amide bonds. The van der Waals surface area contributed by atoms with E-state index in [1.54, 1.807) is 6.08 Å². The van der Waals surface area contributed by atoms with Gasteiger partial charge in [0.25, 0.3) is 0 Å². The van der Waals surface area contributed by atoms with Crippen LogP contribution in [0.25, 0.3) is 16.5 Å². The van der Waals surface area contributed by atoms with Crippen LogP contribution in [0.2, 0.25) is 0 Å². The summed E-state index contributed by atoms with van der Waals surface area (Å²) >= 11 is 0. The normalized spacial score (nSPS) is 13.9. The number of amides is 1. The van der Waals surface area contributed by atoms with E-state index in [1.165, 1.54) is 18.4 Å². The van der Waals surface area contributed by atoms with Gasteiger partial charge in [-0.1, -0.05) is 25.1 Å². The first-order valence-electron chi connectivity index (χ1n) is 11.3. The topological polar surface area (TPSA) is 51.5 Å². The second-order valence-electron chi connectivity index (χ2n) is 8.23. The van der Waals surface area contributed by atoms with Crippen molar-refractivity contribution in [3.05, 3.63) is 64.4 Å². The molecule has 0 bridgehead atoms. The van der Waals surface area contributed by atoms with Crippen LogP contribution < -0.4 is 10.1 Å². The fourth-order valence-corrected chi connectivity index (χ4v) is 4.55. The molecule has 4 rings (SSSR count). The molecule has 0 spiro atoms. The van der Waals surface area contributed by atoms with Crippen molar-refractivity contribution >= 4 is 28.1 Å². The Morgan fingerprint density at radius 1 is 1.19 bits per heavy atom. The molecule has 1 aliphatic carbocycles. The van der Waals surface area contributed by atoms with Crippen molar-refractivity contribution in [2.24, 2.45) is 0 Å². The number of benzene rings is 2. The number of anilines is 1. The van der Waals surface area contributed by atoms with E-state index < -0.39 is 0 Å². The van der Waals surface area contributed by atoms with Gasteiger partial charge in [0.05, 0.1) is 6.61 Å². The Bertz CT molecular complexity index is 1150. The SMILES string of the molecule is CCOc1c(/C(C)=C/C(=O)Nc2ccccc2CC)cc2c3c(oc2c1C)CCCC3. The van der Waals surface area contributed by atoms with E-state index >= 15 is 0 Å². The summed E-state index contributed by atoms with van der Waals surface area (Å²) in [6.45, 7) is 8.65. The molecule has 4 nitrogen and oxygen atoms in total. The first-order chi connectivity index (χ1) is 15.0. The van der Waals surface area contributed by atoms with E-state index in [0.717, 1.165) is 69.7 Å². The second kappa shape index (κ2) is 9.01. The van der Waals surface area contributed by atoms with Crippen molar-refractivity contribution in [2.75, 3.05) is 11.9 Å². The van der Waals surface area contributed by atoms with E-state index in [1.807, 2.05) is 38.1 Å². The average Bonchev–Trinajstić information content (AvgIpc) is 3.15. The highest BCUT2D eigenvalue weighted by molar-refractivity contribution is 6.05. The molecular formula is C27H31NO3. The van der Waals surface area contributed by atoms with Crippen LogP contribution in [0.1, 0.15) is 61.6 Å². The third-order valence-corrected chi connectivity index (χ3v) is 6.14. The van der Waals surface area contributed by atoms with Gasteiger partial charge in [0.2, 0.25) is 5.91 Å². The number of allylic oxidation sites excluding steroid dienone is 1. The predicted molar refractivity (Wildman–Crippen MR) is 127 cm³/mol. The van der Waals surface area contributed by atoms with Crippen LogP contribution in [-0.2, 0) is 24.1 Å². The van der Waals surface area contributed by atoms with Crippen molar-refractivity contribution in [3.8, 4) is 5.75 Å². The zero-order valence-corrected chi connectivity index (χ0v) is 18.9. The Morgan fingerprint density at radius 3 is 2.74 bits per heavy atom. The molecular weight excluding hydrogens is 386 g/mol. The van der Waals surface area contributed by atoms with Crippen molar-refractivity contribution in [1.82, 2.24) is 0 Å². The lowest BCUT2D eigenvalue weighted by atomic mass is 9.93. The maximum Gasteiger partial charge on any atom is 0.248 e. The Balaban J connectivity index is 1.74. The number of fused-ring (bicyclic) bond motifs is 3. The van der Waals surface area contributed by atoms with Crippen LogP contribution in [0.3, 0.4) is 0 Å². The van der Waals surface area contributed by atoms with E-state index in [-0.39, 0.29) is 5.91 Å². The summed E-state index contributed by atoms with van der Waals surface area (Å²) in [6.07, 6.45) is 6.95. The van der Waals surface area contributed by atoms with Crippen molar-refractivity contribution in [1.29, 1.82) is 0 Å². The molecule has 4 heteroatoms. The molecule has 2 aromatic carbocycles. The summed E-state index contributed by atoms with van der Waals surface area (Å²) in [7, 11) is 0. The smallest absolute Gasteiger partial charge is 0.248 e. The highest BCUT2D eigenvalue weighted by Gasteiger charge is 2.23. The zero-order valence-electron chi connectivity index (χ0n) is 18.9. The first-order valence-corrected chi connectivity index (χ1v) is 11.3. The summed E-state index contributed by atoms with van der Waals surface area (Å²) in [4.78, 5) is 12.8. The average molecular weight is 418 g/mol. The number of nitrogens with one attached hydrogen (secondary N) is 1. The lowest BCUT2D eigenvalue weighted by Gasteiger charge is -2.15. The van der Waals surface area contributed by atoms with Gasteiger partial charge in [-0.2, -0.15) is 0 Å². The monoisotopic (exact) mass is 417 g/mol. The van der Waals surface area contributed by atoms with Gasteiger partial charge < -0.3 is 14.5 Å². The van der Waals surface area contributed by atoms with Gasteiger partial charge in [0.15, 0.2) is 0 Å². The Hall–Kier alpha value is -3.01. The lowest BCUT2D eigenvalue weighted by Crippen LogP contribution is -2.10. The maximum absolute atomic E-state index is 12.8. The number of para-hydroxylation sites is 1. The Labute approximate surface area is 184 Å². The van der Waals surface area contributed by atoms with Crippen LogP contribution >= 0.6 is 0 Å². The van der Waals surface area contributed by atoms with Gasteiger partial charge >= 0.3 is 0 Å². The van der Waals surface area contributed by atoms with E-state index in [0.29, 0.717) is 6.61 Å². The summed E-state index contributed by atoms with van der Waals surface area (Å²) in [6, 6.07) is 10.1. The van der Waals surface area contributed by atoms with E-state index in [2.05, 4.69) is 25.2 Å². The first kappa shape index (κ1) is 21.2. The number of hydrogen-bond donors (Lipinski definition) is 1. The Kier molecular flexibility index (Phi) is 6.17. The van der Waals surface area contributed by atoms with Crippen molar-refractivity contribution < 1.29 is 13.9 Å². The van der Waals surface area contributed by atoms with Gasteiger partial charge in [-0.3, -0.25) is 4.79 Å². The third kappa shape index (κ3) is 4.12. The molecule has 0 radical (unpaired) electrons. The highest BCUT2D eigenvalue weighted by atomic mass is 16.5.